The van der Waals surface area contributed by atoms with Gasteiger partial charge in [0.15, 0.2) is 0 Å². The van der Waals surface area contributed by atoms with Gasteiger partial charge in [-0.15, -0.1) is 6.58 Å². The van der Waals surface area contributed by atoms with Gasteiger partial charge >= 0.3 is 5.69 Å². The predicted molar refractivity (Wildman–Crippen MR) is 59.2 cm³/mol. The molecule has 3 N–H and O–H groups in total. The zero-order valence-electron chi connectivity index (χ0n) is 8.71. The number of carbonyl (C=O) groups is 1. The molecule has 0 radical (unpaired) electrons. The molecule has 1 rings (SSSR count). The van der Waals surface area contributed by atoms with Gasteiger partial charge in [-0.1, -0.05) is 6.08 Å². The summed E-state index contributed by atoms with van der Waals surface area (Å²) < 4.78 is 0. The Labute approximate surface area is 91.4 Å². The topological polar surface area (TPSA) is 94.8 Å². The lowest BCUT2D eigenvalue weighted by atomic mass is 10.3. The third-order valence-electron chi connectivity index (χ3n) is 1.84. The first kappa shape index (κ1) is 12.0. The molecule has 0 unspecified atom stereocenters. The van der Waals surface area contributed by atoms with E-state index in [1.165, 1.54) is 6.07 Å². The molecular weight excluding hydrogens is 210 g/mol. The second-order valence-electron chi connectivity index (χ2n) is 3.22. The third kappa shape index (κ3) is 3.95. The highest BCUT2D eigenvalue weighted by molar-refractivity contribution is 5.77. The SMILES string of the molecule is C=CCCNC(=O)Cc1cc(=O)[nH]c(=O)[nH]1. The molecule has 0 atom stereocenters. The van der Waals surface area contributed by atoms with Gasteiger partial charge in [-0.25, -0.2) is 4.79 Å². The maximum Gasteiger partial charge on any atom is 0.325 e. The van der Waals surface area contributed by atoms with Crippen molar-refractivity contribution in [2.75, 3.05) is 6.54 Å². The standard InChI is InChI=1S/C10H13N3O3/c1-2-3-4-11-8(14)5-7-6-9(15)13-10(16)12-7/h2,6H,1,3-5H2,(H,11,14)(H2,12,13,15,16). The van der Waals surface area contributed by atoms with Crippen molar-refractivity contribution in [2.45, 2.75) is 12.8 Å². The molecule has 0 aliphatic carbocycles. The van der Waals surface area contributed by atoms with Gasteiger partial charge in [-0.3, -0.25) is 14.6 Å². The number of aromatic nitrogens is 2. The minimum atomic E-state index is -0.610. The van der Waals surface area contributed by atoms with Crippen molar-refractivity contribution in [1.82, 2.24) is 15.3 Å². The molecule has 16 heavy (non-hydrogen) atoms. The van der Waals surface area contributed by atoms with Crippen LogP contribution in [-0.2, 0) is 11.2 Å². The highest BCUT2D eigenvalue weighted by atomic mass is 16.2. The Kier molecular flexibility index (Phi) is 4.26. The maximum atomic E-state index is 11.3. The summed E-state index contributed by atoms with van der Waals surface area (Å²) in [6.07, 6.45) is 2.35. The molecule has 6 heteroatoms. The van der Waals surface area contributed by atoms with Gasteiger partial charge in [0, 0.05) is 18.3 Å². The lowest BCUT2D eigenvalue weighted by molar-refractivity contribution is -0.120. The van der Waals surface area contributed by atoms with Crippen LogP contribution in [0.4, 0.5) is 0 Å². The number of nitrogens with one attached hydrogen (secondary N) is 3. The lowest BCUT2D eigenvalue weighted by Gasteiger charge is -2.02. The summed E-state index contributed by atoms with van der Waals surface area (Å²) in [6, 6.07) is 1.19. The van der Waals surface area contributed by atoms with Crippen LogP contribution >= 0.6 is 0 Å². The Bertz CT molecular complexity index is 458. The van der Waals surface area contributed by atoms with E-state index in [2.05, 4.69) is 16.9 Å². The molecule has 1 aromatic heterocycles. The average molecular weight is 223 g/mol. The van der Waals surface area contributed by atoms with Crippen LogP contribution in [0.2, 0.25) is 0 Å². The minimum Gasteiger partial charge on any atom is -0.355 e. The molecule has 0 aliphatic heterocycles. The first-order valence-electron chi connectivity index (χ1n) is 4.82. The van der Waals surface area contributed by atoms with Gasteiger partial charge in [0.05, 0.1) is 6.42 Å². The molecule has 1 amide bonds. The maximum absolute atomic E-state index is 11.3. The Morgan fingerprint density at radius 3 is 2.81 bits per heavy atom. The van der Waals surface area contributed by atoms with Crippen LogP contribution < -0.4 is 16.6 Å². The number of aromatic amines is 2. The normalized spacial score (nSPS) is 9.75. The molecule has 0 aliphatic rings. The quantitative estimate of drug-likeness (QED) is 0.455. The first-order chi connectivity index (χ1) is 7.61. The fourth-order valence-corrected chi connectivity index (χ4v) is 1.16. The Hall–Kier alpha value is -2.11. The van der Waals surface area contributed by atoms with Crippen molar-refractivity contribution in [3.8, 4) is 0 Å². The van der Waals surface area contributed by atoms with E-state index >= 15 is 0 Å². The van der Waals surface area contributed by atoms with Crippen LogP contribution in [0.1, 0.15) is 12.1 Å². The van der Waals surface area contributed by atoms with Crippen molar-refractivity contribution in [1.29, 1.82) is 0 Å². The van der Waals surface area contributed by atoms with Gasteiger partial charge < -0.3 is 10.3 Å². The minimum absolute atomic E-state index is 0.0176. The van der Waals surface area contributed by atoms with Crippen LogP contribution in [0.25, 0.3) is 0 Å². The molecule has 1 aromatic rings. The van der Waals surface area contributed by atoms with Gasteiger partial charge in [0.1, 0.15) is 0 Å². The fourth-order valence-electron chi connectivity index (χ4n) is 1.16. The number of hydrogen-bond donors (Lipinski definition) is 3. The number of carbonyl (C=O) groups excluding carboxylic acids is 1. The summed E-state index contributed by atoms with van der Waals surface area (Å²) in [5, 5.41) is 2.63. The van der Waals surface area contributed by atoms with Crippen molar-refractivity contribution in [3.05, 3.63) is 45.3 Å². The van der Waals surface area contributed by atoms with Crippen molar-refractivity contribution < 1.29 is 4.79 Å². The van der Waals surface area contributed by atoms with Crippen LogP contribution in [0, 0.1) is 0 Å². The zero-order chi connectivity index (χ0) is 12.0. The molecule has 6 nitrogen and oxygen atoms in total. The summed E-state index contributed by atoms with van der Waals surface area (Å²) in [6.45, 7) is 4.02. The van der Waals surface area contributed by atoms with Crippen LogP contribution in [-0.4, -0.2) is 22.4 Å². The van der Waals surface area contributed by atoms with E-state index in [0.717, 1.165) is 0 Å². The highest BCUT2D eigenvalue weighted by Crippen LogP contribution is 1.88. The second-order valence-corrected chi connectivity index (χ2v) is 3.22. The average Bonchev–Trinajstić information content (AvgIpc) is 2.16. The van der Waals surface area contributed by atoms with Crippen molar-refractivity contribution in [3.63, 3.8) is 0 Å². The molecule has 0 saturated heterocycles. The fraction of sp³-hybridized carbons (Fsp3) is 0.300. The summed E-state index contributed by atoms with van der Waals surface area (Å²) >= 11 is 0. The number of hydrogen-bond acceptors (Lipinski definition) is 3. The summed E-state index contributed by atoms with van der Waals surface area (Å²) in [5.74, 6) is -0.247. The summed E-state index contributed by atoms with van der Waals surface area (Å²) in [7, 11) is 0. The van der Waals surface area contributed by atoms with Crippen LogP contribution in [0.3, 0.4) is 0 Å². The van der Waals surface area contributed by atoms with Crippen LogP contribution in [0.5, 0.6) is 0 Å². The Morgan fingerprint density at radius 1 is 1.44 bits per heavy atom. The molecule has 86 valence electrons. The number of rotatable bonds is 5. The van der Waals surface area contributed by atoms with Crippen molar-refractivity contribution in [2.24, 2.45) is 0 Å². The molecule has 0 fully saturated rings. The third-order valence-corrected chi connectivity index (χ3v) is 1.84. The second kappa shape index (κ2) is 5.69. The van der Waals surface area contributed by atoms with Gasteiger partial charge in [-0.05, 0) is 6.42 Å². The van der Waals surface area contributed by atoms with Crippen LogP contribution in [0.15, 0.2) is 28.3 Å². The molecule has 0 saturated carbocycles. The van der Waals surface area contributed by atoms with E-state index in [9.17, 15) is 14.4 Å². The molecule has 1 heterocycles. The van der Waals surface area contributed by atoms with E-state index in [1.807, 2.05) is 4.98 Å². The van der Waals surface area contributed by atoms with E-state index in [0.29, 0.717) is 18.7 Å². The van der Waals surface area contributed by atoms with E-state index in [-0.39, 0.29) is 12.3 Å². The summed E-state index contributed by atoms with van der Waals surface area (Å²) in [5.41, 5.74) is -0.830. The number of amides is 1. The predicted octanol–water partition coefficient (Wildman–Crippen LogP) is -0.702. The Balaban J connectivity index is 2.59. The van der Waals surface area contributed by atoms with Crippen molar-refractivity contribution >= 4 is 5.91 Å². The van der Waals surface area contributed by atoms with E-state index < -0.39 is 11.2 Å². The first-order valence-corrected chi connectivity index (χ1v) is 4.82. The summed E-state index contributed by atoms with van der Waals surface area (Å²) in [4.78, 5) is 37.6. The highest BCUT2D eigenvalue weighted by Gasteiger charge is 2.04. The Morgan fingerprint density at radius 2 is 2.19 bits per heavy atom. The smallest absolute Gasteiger partial charge is 0.325 e. The molecule has 0 aromatic carbocycles. The monoisotopic (exact) mass is 223 g/mol. The molecule has 0 bridgehead atoms. The molecular formula is C10H13N3O3. The van der Waals surface area contributed by atoms with Gasteiger partial charge in [-0.2, -0.15) is 0 Å². The van der Waals surface area contributed by atoms with Gasteiger partial charge in [0.2, 0.25) is 5.91 Å². The largest absolute Gasteiger partial charge is 0.355 e. The molecule has 0 spiro atoms. The van der Waals surface area contributed by atoms with E-state index in [4.69, 9.17) is 0 Å². The number of H-pyrrole nitrogens is 2. The van der Waals surface area contributed by atoms with E-state index in [1.54, 1.807) is 6.08 Å². The zero-order valence-corrected chi connectivity index (χ0v) is 8.71. The van der Waals surface area contributed by atoms with Gasteiger partial charge in [0.25, 0.3) is 5.56 Å². The lowest BCUT2D eigenvalue weighted by Crippen LogP contribution is -2.29.